The molecule has 3 heterocycles. The number of fused-ring (bicyclic) bond motifs is 2. The average molecular weight is 316 g/mol. The number of nitrogens with zero attached hydrogens (tertiary/aromatic N) is 4. The van der Waals surface area contributed by atoms with Gasteiger partial charge in [0, 0.05) is 38.1 Å². The number of hydrogen-bond acceptors (Lipinski definition) is 5. The minimum Gasteiger partial charge on any atom is -0.389 e. The molecule has 1 spiro atoms. The van der Waals surface area contributed by atoms with Crippen LogP contribution in [0.5, 0.6) is 0 Å². The van der Waals surface area contributed by atoms with Crippen molar-refractivity contribution >= 4 is 11.7 Å². The van der Waals surface area contributed by atoms with Crippen molar-refractivity contribution in [1.29, 1.82) is 0 Å². The van der Waals surface area contributed by atoms with Crippen molar-refractivity contribution in [2.45, 2.75) is 56.6 Å². The highest BCUT2D eigenvalue weighted by Gasteiger charge is 2.55. The lowest BCUT2D eigenvalue weighted by Gasteiger charge is -2.49. The van der Waals surface area contributed by atoms with Crippen LogP contribution in [0.1, 0.15) is 45.2 Å². The highest BCUT2D eigenvalue weighted by molar-refractivity contribution is 5.79. The van der Waals surface area contributed by atoms with Gasteiger partial charge in [-0.25, -0.2) is 4.98 Å². The van der Waals surface area contributed by atoms with Gasteiger partial charge in [0.25, 0.3) is 0 Å². The number of carbonyl (C=O) groups is 1. The Balaban J connectivity index is 1.49. The van der Waals surface area contributed by atoms with Crippen LogP contribution in [0.3, 0.4) is 0 Å². The highest BCUT2D eigenvalue weighted by Crippen LogP contribution is 2.45. The molecule has 23 heavy (non-hydrogen) atoms. The van der Waals surface area contributed by atoms with Gasteiger partial charge in [0.05, 0.1) is 23.1 Å². The second kappa shape index (κ2) is 4.90. The molecule has 1 amide bonds. The van der Waals surface area contributed by atoms with E-state index in [-0.39, 0.29) is 17.7 Å². The maximum absolute atomic E-state index is 12.4. The molecular formula is C17H24N4O2. The SMILES string of the molecule is CC(C)N1CC2(CN(C(=O)CC3(O)CCC3)C2)c2nccnc21. The molecule has 2 aliphatic heterocycles. The van der Waals surface area contributed by atoms with Gasteiger partial charge < -0.3 is 14.9 Å². The minimum atomic E-state index is -0.739. The van der Waals surface area contributed by atoms with Gasteiger partial charge in [0.2, 0.25) is 5.91 Å². The van der Waals surface area contributed by atoms with E-state index in [0.29, 0.717) is 19.1 Å². The summed E-state index contributed by atoms with van der Waals surface area (Å²) in [6.07, 6.45) is 6.29. The summed E-state index contributed by atoms with van der Waals surface area (Å²) in [5.74, 6) is 1.04. The fraction of sp³-hybridized carbons (Fsp3) is 0.706. The molecule has 1 aliphatic carbocycles. The van der Waals surface area contributed by atoms with Gasteiger partial charge in [-0.15, -0.1) is 0 Å². The number of amides is 1. The summed E-state index contributed by atoms with van der Waals surface area (Å²) >= 11 is 0. The standard InChI is InChI=1S/C17H24N4O2/c1-12(2)21-11-16(14-15(21)19-7-6-18-14)9-20(10-16)13(22)8-17(23)4-3-5-17/h6-7,12,23H,3-5,8-11H2,1-2H3. The number of carbonyl (C=O) groups excluding carboxylic acids is 1. The van der Waals surface area contributed by atoms with Crippen molar-refractivity contribution in [3.63, 3.8) is 0 Å². The summed E-state index contributed by atoms with van der Waals surface area (Å²) in [6.45, 7) is 6.57. The van der Waals surface area contributed by atoms with E-state index in [0.717, 1.165) is 37.3 Å². The lowest BCUT2D eigenvalue weighted by Crippen LogP contribution is -2.64. The lowest BCUT2D eigenvalue weighted by molar-refractivity contribution is -0.147. The van der Waals surface area contributed by atoms with Gasteiger partial charge in [0.1, 0.15) is 0 Å². The van der Waals surface area contributed by atoms with Crippen LogP contribution in [0.25, 0.3) is 0 Å². The molecule has 0 bridgehead atoms. The van der Waals surface area contributed by atoms with Crippen LogP contribution in [0.4, 0.5) is 5.82 Å². The predicted octanol–water partition coefficient (Wildman–Crippen LogP) is 1.09. The lowest BCUT2D eigenvalue weighted by atomic mass is 9.75. The van der Waals surface area contributed by atoms with Crippen molar-refractivity contribution in [1.82, 2.24) is 14.9 Å². The van der Waals surface area contributed by atoms with Crippen molar-refractivity contribution in [3.05, 3.63) is 18.1 Å². The van der Waals surface area contributed by atoms with Crippen LogP contribution in [0, 0.1) is 0 Å². The minimum absolute atomic E-state index is 0.0752. The smallest absolute Gasteiger partial charge is 0.225 e. The summed E-state index contributed by atoms with van der Waals surface area (Å²) in [6, 6.07) is 0.366. The molecule has 1 saturated carbocycles. The Morgan fingerprint density at radius 1 is 1.26 bits per heavy atom. The quantitative estimate of drug-likeness (QED) is 0.904. The first-order chi connectivity index (χ1) is 10.9. The van der Waals surface area contributed by atoms with Gasteiger partial charge in [-0.1, -0.05) is 0 Å². The van der Waals surface area contributed by atoms with Gasteiger partial charge in [0.15, 0.2) is 5.82 Å². The molecule has 1 aromatic rings. The Morgan fingerprint density at radius 3 is 2.57 bits per heavy atom. The zero-order valence-corrected chi connectivity index (χ0v) is 13.8. The number of likely N-dealkylation sites (tertiary alicyclic amines) is 1. The first-order valence-electron chi connectivity index (χ1n) is 8.51. The Labute approximate surface area is 136 Å². The third-order valence-corrected chi connectivity index (χ3v) is 5.65. The highest BCUT2D eigenvalue weighted by atomic mass is 16.3. The molecule has 1 aromatic heterocycles. The van der Waals surface area contributed by atoms with E-state index in [1.165, 1.54) is 0 Å². The van der Waals surface area contributed by atoms with E-state index in [1.807, 2.05) is 4.90 Å². The molecule has 2 fully saturated rings. The van der Waals surface area contributed by atoms with Crippen LogP contribution in [0.15, 0.2) is 12.4 Å². The molecule has 6 heteroatoms. The number of aliphatic hydroxyl groups is 1. The van der Waals surface area contributed by atoms with Crippen molar-refractivity contribution in [2.24, 2.45) is 0 Å². The average Bonchev–Trinajstić information content (AvgIpc) is 2.79. The first-order valence-corrected chi connectivity index (χ1v) is 8.51. The fourth-order valence-corrected chi connectivity index (χ4v) is 4.08. The van der Waals surface area contributed by atoms with E-state index in [4.69, 9.17) is 0 Å². The molecule has 0 unspecified atom stereocenters. The van der Waals surface area contributed by atoms with Gasteiger partial charge >= 0.3 is 0 Å². The molecule has 0 radical (unpaired) electrons. The van der Waals surface area contributed by atoms with Crippen LogP contribution in [-0.2, 0) is 10.2 Å². The largest absolute Gasteiger partial charge is 0.389 e. The molecule has 4 rings (SSSR count). The van der Waals surface area contributed by atoms with Crippen LogP contribution < -0.4 is 4.90 Å². The first kappa shape index (κ1) is 14.9. The van der Waals surface area contributed by atoms with Gasteiger partial charge in [-0.05, 0) is 33.1 Å². The Morgan fingerprint density at radius 2 is 1.96 bits per heavy atom. The zero-order valence-electron chi connectivity index (χ0n) is 13.8. The molecule has 6 nitrogen and oxygen atoms in total. The molecular weight excluding hydrogens is 292 g/mol. The van der Waals surface area contributed by atoms with E-state index in [9.17, 15) is 9.90 Å². The Bertz CT molecular complexity index is 635. The Hall–Kier alpha value is -1.69. The molecule has 0 atom stereocenters. The summed E-state index contributed by atoms with van der Waals surface area (Å²) in [5, 5.41) is 10.2. The number of aromatic nitrogens is 2. The van der Waals surface area contributed by atoms with Crippen molar-refractivity contribution in [2.75, 3.05) is 24.5 Å². The molecule has 1 saturated heterocycles. The van der Waals surface area contributed by atoms with Crippen LogP contribution in [0.2, 0.25) is 0 Å². The van der Waals surface area contributed by atoms with Crippen molar-refractivity contribution in [3.8, 4) is 0 Å². The second-order valence-corrected chi connectivity index (χ2v) is 7.74. The summed E-state index contributed by atoms with van der Waals surface area (Å²) in [7, 11) is 0. The molecule has 0 aromatic carbocycles. The van der Waals surface area contributed by atoms with E-state index in [2.05, 4.69) is 28.7 Å². The Kier molecular flexibility index (Phi) is 3.17. The van der Waals surface area contributed by atoms with Crippen molar-refractivity contribution < 1.29 is 9.90 Å². The molecule has 3 aliphatic rings. The summed E-state index contributed by atoms with van der Waals surface area (Å²) < 4.78 is 0. The fourth-order valence-electron chi connectivity index (χ4n) is 4.08. The van der Waals surface area contributed by atoms with Crippen LogP contribution in [-0.4, -0.2) is 57.2 Å². The topological polar surface area (TPSA) is 69.6 Å². The van der Waals surface area contributed by atoms with E-state index in [1.54, 1.807) is 12.4 Å². The number of anilines is 1. The third-order valence-electron chi connectivity index (χ3n) is 5.65. The molecule has 124 valence electrons. The van der Waals surface area contributed by atoms with Gasteiger partial charge in [-0.2, -0.15) is 0 Å². The third kappa shape index (κ3) is 2.23. The number of hydrogen-bond donors (Lipinski definition) is 1. The monoisotopic (exact) mass is 316 g/mol. The number of rotatable bonds is 3. The van der Waals surface area contributed by atoms with E-state index >= 15 is 0 Å². The second-order valence-electron chi connectivity index (χ2n) is 7.74. The summed E-state index contributed by atoms with van der Waals surface area (Å²) in [4.78, 5) is 25.7. The normalized spacial score (nSPS) is 23.7. The maximum Gasteiger partial charge on any atom is 0.225 e. The molecule has 1 N–H and O–H groups in total. The van der Waals surface area contributed by atoms with E-state index < -0.39 is 5.60 Å². The zero-order chi connectivity index (χ0) is 16.2. The van der Waals surface area contributed by atoms with Gasteiger partial charge in [-0.3, -0.25) is 9.78 Å². The maximum atomic E-state index is 12.4. The summed E-state index contributed by atoms with van der Waals surface area (Å²) in [5.41, 5.74) is 0.211. The predicted molar refractivity (Wildman–Crippen MR) is 86.2 cm³/mol. The van der Waals surface area contributed by atoms with Crippen LogP contribution >= 0.6 is 0 Å².